The average Bonchev–Trinajstić information content (AvgIpc) is 2.76. The van der Waals surface area contributed by atoms with Crippen LogP contribution in [0.5, 0.6) is 0 Å². The van der Waals surface area contributed by atoms with E-state index < -0.39 is 5.97 Å². The summed E-state index contributed by atoms with van der Waals surface area (Å²) in [6.45, 7) is 2.94. The largest absolute Gasteiger partial charge is 0.481 e. The summed E-state index contributed by atoms with van der Waals surface area (Å²) >= 11 is 1.69. The second kappa shape index (κ2) is 8.81. The molecule has 0 bridgehead atoms. The average molecular weight is 260 g/mol. The van der Waals surface area contributed by atoms with Crippen molar-refractivity contribution >= 4 is 17.7 Å². The lowest BCUT2D eigenvalue weighted by molar-refractivity contribution is -0.145. The van der Waals surface area contributed by atoms with Gasteiger partial charge < -0.3 is 9.84 Å². The first-order valence-electron chi connectivity index (χ1n) is 6.68. The van der Waals surface area contributed by atoms with Crippen LogP contribution in [0.25, 0.3) is 0 Å². The number of rotatable bonds is 9. The zero-order valence-corrected chi connectivity index (χ0v) is 11.5. The molecule has 100 valence electrons. The highest BCUT2D eigenvalue weighted by molar-refractivity contribution is 7.99. The molecule has 1 saturated heterocycles. The number of carbonyl (C=O) groups is 1. The first kappa shape index (κ1) is 14.8. The smallest absolute Gasteiger partial charge is 0.310 e. The second-order valence-corrected chi connectivity index (χ2v) is 5.73. The van der Waals surface area contributed by atoms with Gasteiger partial charge in [0.2, 0.25) is 0 Å². The van der Waals surface area contributed by atoms with Crippen LogP contribution in [-0.4, -0.2) is 35.3 Å². The summed E-state index contributed by atoms with van der Waals surface area (Å²) in [5, 5.41) is 8.99. The molecule has 0 amide bonds. The fourth-order valence-electron chi connectivity index (χ4n) is 2.05. The van der Waals surface area contributed by atoms with Crippen LogP contribution in [0.1, 0.15) is 45.4 Å². The van der Waals surface area contributed by atoms with Crippen LogP contribution in [-0.2, 0) is 9.53 Å². The molecule has 1 fully saturated rings. The molecule has 2 atom stereocenters. The number of hydrogen-bond donors (Lipinski definition) is 1. The van der Waals surface area contributed by atoms with Gasteiger partial charge in [-0.2, -0.15) is 11.8 Å². The summed E-state index contributed by atoms with van der Waals surface area (Å²) in [6, 6.07) is 0. The molecular formula is C13H24O3S. The topological polar surface area (TPSA) is 46.5 Å². The summed E-state index contributed by atoms with van der Waals surface area (Å²) in [6.07, 6.45) is 7.40. The summed E-state index contributed by atoms with van der Waals surface area (Å²) in [5.74, 6) is 0.548. The lowest BCUT2D eigenvalue weighted by Gasteiger charge is -2.15. The highest BCUT2D eigenvalue weighted by Crippen LogP contribution is 2.27. The molecule has 1 heterocycles. The number of carboxylic acid groups (broad SMARTS) is 1. The maximum absolute atomic E-state index is 10.9. The van der Waals surface area contributed by atoms with Crippen molar-refractivity contribution in [3.8, 4) is 0 Å². The number of thioether (sulfide) groups is 1. The molecule has 2 unspecified atom stereocenters. The van der Waals surface area contributed by atoms with Gasteiger partial charge in [0.25, 0.3) is 0 Å². The fraction of sp³-hybridized carbons (Fsp3) is 0.923. The maximum atomic E-state index is 10.9. The molecule has 0 spiro atoms. The van der Waals surface area contributed by atoms with Gasteiger partial charge in [0.15, 0.2) is 0 Å². The van der Waals surface area contributed by atoms with Crippen molar-refractivity contribution in [2.75, 3.05) is 18.1 Å². The molecule has 0 radical (unpaired) electrons. The molecule has 1 rings (SSSR count). The number of ether oxygens (including phenoxy) is 1. The molecule has 0 aromatic rings. The van der Waals surface area contributed by atoms with Crippen LogP contribution in [0.4, 0.5) is 0 Å². The van der Waals surface area contributed by atoms with Gasteiger partial charge in [0.1, 0.15) is 0 Å². The number of carboxylic acids is 1. The van der Waals surface area contributed by atoms with Crippen LogP contribution < -0.4 is 0 Å². The van der Waals surface area contributed by atoms with Gasteiger partial charge in [-0.15, -0.1) is 0 Å². The van der Waals surface area contributed by atoms with E-state index in [4.69, 9.17) is 9.84 Å². The van der Waals surface area contributed by atoms with Gasteiger partial charge in [-0.1, -0.05) is 39.0 Å². The Morgan fingerprint density at radius 1 is 1.24 bits per heavy atom. The Bertz CT molecular complexity index is 221. The zero-order chi connectivity index (χ0) is 12.5. The van der Waals surface area contributed by atoms with E-state index in [0.29, 0.717) is 5.75 Å². The highest BCUT2D eigenvalue weighted by Gasteiger charge is 2.33. The molecule has 1 aliphatic heterocycles. The van der Waals surface area contributed by atoms with E-state index >= 15 is 0 Å². The Labute approximate surface area is 108 Å². The monoisotopic (exact) mass is 260 g/mol. The normalized spacial score (nSPS) is 24.1. The SMILES string of the molecule is CCCCCCCCOC1CSCC1C(=O)O. The van der Waals surface area contributed by atoms with Crippen LogP contribution in [0.2, 0.25) is 0 Å². The van der Waals surface area contributed by atoms with Crippen molar-refractivity contribution in [1.29, 1.82) is 0 Å². The highest BCUT2D eigenvalue weighted by atomic mass is 32.2. The summed E-state index contributed by atoms with van der Waals surface area (Å²) in [4.78, 5) is 10.9. The Kier molecular flexibility index (Phi) is 7.69. The van der Waals surface area contributed by atoms with Crippen LogP contribution in [0.3, 0.4) is 0 Å². The predicted molar refractivity (Wildman–Crippen MR) is 71.6 cm³/mol. The maximum Gasteiger partial charge on any atom is 0.310 e. The van der Waals surface area contributed by atoms with Gasteiger partial charge in [0.05, 0.1) is 12.0 Å². The van der Waals surface area contributed by atoms with Gasteiger partial charge in [-0.25, -0.2) is 0 Å². The molecule has 0 saturated carbocycles. The zero-order valence-electron chi connectivity index (χ0n) is 10.7. The molecule has 4 heteroatoms. The van der Waals surface area contributed by atoms with Gasteiger partial charge in [0, 0.05) is 18.1 Å². The first-order chi connectivity index (χ1) is 8.25. The van der Waals surface area contributed by atoms with E-state index in [0.717, 1.165) is 18.8 Å². The van der Waals surface area contributed by atoms with E-state index in [-0.39, 0.29) is 12.0 Å². The van der Waals surface area contributed by atoms with E-state index in [1.807, 2.05) is 0 Å². The Morgan fingerprint density at radius 2 is 1.94 bits per heavy atom. The number of hydrogen-bond acceptors (Lipinski definition) is 3. The molecule has 0 aromatic heterocycles. The van der Waals surface area contributed by atoms with E-state index in [9.17, 15) is 4.79 Å². The van der Waals surface area contributed by atoms with Crippen molar-refractivity contribution < 1.29 is 14.6 Å². The van der Waals surface area contributed by atoms with Crippen molar-refractivity contribution in [2.45, 2.75) is 51.6 Å². The Morgan fingerprint density at radius 3 is 2.65 bits per heavy atom. The quantitative estimate of drug-likeness (QED) is 0.647. The van der Waals surface area contributed by atoms with E-state index in [1.54, 1.807) is 11.8 Å². The van der Waals surface area contributed by atoms with Crippen molar-refractivity contribution in [2.24, 2.45) is 5.92 Å². The summed E-state index contributed by atoms with van der Waals surface area (Å²) < 4.78 is 5.68. The standard InChI is InChI=1S/C13H24O3S/c1-2-3-4-5-6-7-8-16-12-10-17-9-11(12)13(14)15/h11-12H,2-10H2,1H3,(H,14,15). The van der Waals surface area contributed by atoms with Crippen molar-refractivity contribution in [1.82, 2.24) is 0 Å². The van der Waals surface area contributed by atoms with E-state index in [2.05, 4.69) is 6.92 Å². The summed E-state index contributed by atoms with van der Waals surface area (Å²) in [7, 11) is 0. The van der Waals surface area contributed by atoms with Crippen molar-refractivity contribution in [3.63, 3.8) is 0 Å². The second-order valence-electron chi connectivity index (χ2n) is 4.66. The lowest BCUT2D eigenvalue weighted by atomic mass is 10.1. The molecule has 0 aromatic carbocycles. The third kappa shape index (κ3) is 5.77. The minimum Gasteiger partial charge on any atom is -0.481 e. The third-order valence-electron chi connectivity index (χ3n) is 3.18. The lowest BCUT2D eigenvalue weighted by Crippen LogP contribution is -2.29. The molecule has 0 aliphatic carbocycles. The molecule has 1 N–H and O–H groups in total. The first-order valence-corrected chi connectivity index (χ1v) is 7.83. The molecule has 1 aliphatic rings. The summed E-state index contributed by atoms with van der Waals surface area (Å²) in [5.41, 5.74) is 0. The van der Waals surface area contributed by atoms with E-state index in [1.165, 1.54) is 32.1 Å². The number of aliphatic carboxylic acids is 1. The molecule has 3 nitrogen and oxygen atoms in total. The van der Waals surface area contributed by atoms with Crippen LogP contribution >= 0.6 is 11.8 Å². The number of unbranched alkanes of at least 4 members (excludes halogenated alkanes) is 5. The molecular weight excluding hydrogens is 236 g/mol. The third-order valence-corrected chi connectivity index (χ3v) is 4.33. The van der Waals surface area contributed by atoms with Gasteiger partial charge in [-0.3, -0.25) is 4.79 Å². The minimum atomic E-state index is -0.706. The van der Waals surface area contributed by atoms with Gasteiger partial charge in [-0.05, 0) is 6.42 Å². The Hall–Kier alpha value is -0.220. The predicted octanol–water partition coefficient (Wildman–Crippen LogP) is 3.18. The minimum absolute atomic E-state index is 0.0619. The fourth-order valence-corrected chi connectivity index (χ4v) is 3.35. The van der Waals surface area contributed by atoms with Crippen LogP contribution in [0, 0.1) is 5.92 Å². The van der Waals surface area contributed by atoms with Crippen molar-refractivity contribution in [3.05, 3.63) is 0 Å². The van der Waals surface area contributed by atoms with Crippen LogP contribution in [0.15, 0.2) is 0 Å². The van der Waals surface area contributed by atoms with Gasteiger partial charge >= 0.3 is 5.97 Å². The molecule has 17 heavy (non-hydrogen) atoms. The Balaban J connectivity index is 2.00.